The minimum absolute atomic E-state index is 0.717. The Morgan fingerprint density at radius 3 is 1.67 bits per heavy atom. The zero-order valence-corrected chi connectivity index (χ0v) is 7.45. The Balaban J connectivity index is 2.99. The van der Waals surface area contributed by atoms with Gasteiger partial charge in [-0.05, 0) is 0 Å². The molecule has 2 heteroatoms. The van der Waals surface area contributed by atoms with Crippen molar-refractivity contribution in [3.05, 3.63) is 9.95 Å². The molecule has 0 aliphatic carbocycles. The fraction of sp³-hybridized carbons (Fsp3) is 0.500. The van der Waals surface area contributed by atoms with E-state index in [0.29, 0.717) is 0 Å². The van der Waals surface area contributed by atoms with E-state index in [1.165, 1.54) is 3.37 Å². The fourth-order valence-corrected chi connectivity index (χ4v) is 2.25. The van der Waals surface area contributed by atoms with Gasteiger partial charge in [-0.15, -0.1) is 0 Å². The topological polar surface area (TPSA) is 0 Å². The fourth-order valence-electron chi connectivity index (χ4n) is 0.0833. The normalized spacial score (nSPS) is 8.33. The van der Waals surface area contributed by atoms with Crippen LogP contribution in [0.1, 0.15) is 0 Å². The maximum atomic E-state index is 3.85. The Labute approximate surface area is 51.7 Å². The SMILES string of the molecule is C=C([Se]C)[Se]C. The molecule has 0 nitrogen and oxygen atoms in total. The van der Waals surface area contributed by atoms with E-state index in [2.05, 4.69) is 18.2 Å². The van der Waals surface area contributed by atoms with Gasteiger partial charge in [-0.25, -0.2) is 0 Å². The average Bonchev–Trinajstić information content (AvgIpc) is 1.65. The summed E-state index contributed by atoms with van der Waals surface area (Å²) >= 11 is 1.43. The van der Waals surface area contributed by atoms with Gasteiger partial charge in [-0.3, -0.25) is 0 Å². The summed E-state index contributed by atoms with van der Waals surface area (Å²) in [5.74, 6) is 4.42. The van der Waals surface area contributed by atoms with E-state index in [0.717, 1.165) is 29.9 Å². The molecule has 0 bridgehead atoms. The second-order valence-corrected chi connectivity index (χ2v) is 5.87. The summed E-state index contributed by atoms with van der Waals surface area (Å²) in [6, 6.07) is 0. The van der Waals surface area contributed by atoms with Crippen molar-refractivity contribution in [1.29, 1.82) is 0 Å². The number of rotatable bonds is 2. The Morgan fingerprint density at radius 2 is 1.67 bits per heavy atom. The first-order valence-electron chi connectivity index (χ1n) is 1.58. The third-order valence-corrected chi connectivity index (χ3v) is 6.00. The predicted octanol–water partition coefficient (Wildman–Crippen LogP) is 0.962. The molecule has 0 radical (unpaired) electrons. The van der Waals surface area contributed by atoms with Crippen LogP contribution >= 0.6 is 0 Å². The molecule has 0 saturated heterocycles. The maximum absolute atomic E-state index is 3.85. The summed E-state index contributed by atoms with van der Waals surface area (Å²) < 4.78 is 1.47. The molecule has 0 spiro atoms. The van der Waals surface area contributed by atoms with Crippen LogP contribution in [0, 0.1) is 0 Å². The van der Waals surface area contributed by atoms with Gasteiger partial charge in [0.25, 0.3) is 0 Å². The quantitative estimate of drug-likeness (QED) is 0.600. The van der Waals surface area contributed by atoms with Crippen LogP contribution < -0.4 is 0 Å². The first kappa shape index (κ1) is 6.78. The summed E-state index contributed by atoms with van der Waals surface area (Å²) in [7, 11) is 0. The summed E-state index contributed by atoms with van der Waals surface area (Å²) in [6.07, 6.45) is 0. The summed E-state index contributed by atoms with van der Waals surface area (Å²) in [4.78, 5) is 0. The van der Waals surface area contributed by atoms with E-state index in [9.17, 15) is 0 Å². The van der Waals surface area contributed by atoms with Gasteiger partial charge in [-0.1, -0.05) is 0 Å². The van der Waals surface area contributed by atoms with E-state index >= 15 is 0 Å². The van der Waals surface area contributed by atoms with Crippen LogP contribution in [0.4, 0.5) is 0 Å². The van der Waals surface area contributed by atoms with Gasteiger partial charge in [0.05, 0.1) is 0 Å². The molecule has 0 unspecified atom stereocenters. The van der Waals surface area contributed by atoms with E-state index in [1.54, 1.807) is 0 Å². The van der Waals surface area contributed by atoms with Crippen LogP contribution in [-0.2, 0) is 0 Å². The Bertz CT molecular complexity index is 43.5. The van der Waals surface area contributed by atoms with Crippen molar-refractivity contribution in [2.75, 3.05) is 0 Å². The molecule has 36 valence electrons. The molecule has 0 aliphatic rings. The van der Waals surface area contributed by atoms with Crippen molar-refractivity contribution in [1.82, 2.24) is 0 Å². The molecule has 0 aromatic rings. The number of hydrogen-bond donors (Lipinski definition) is 0. The molecule has 0 amide bonds. The molecule has 0 rings (SSSR count). The van der Waals surface area contributed by atoms with Crippen LogP contribution in [0.5, 0.6) is 0 Å². The standard InChI is InChI=1S/C4H8Se2/c1-4(5-2)6-3/h1H2,2-3H3. The van der Waals surface area contributed by atoms with Gasteiger partial charge in [0.15, 0.2) is 0 Å². The van der Waals surface area contributed by atoms with Crippen molar-refractivity contribution in [2.45, 2.75) is 11.6 Å². The predicted molar refractivity (Wildman–Crippen MR) is 32.4 cm³/mol. The molecule has 0 N–H and O–H groups in total. The van der Waals surface area contributed by atoms with Gasteiger partial charge < -0.3 is 0 Å². The van der Waals surface area contributed by atoms with E-state index in [1.807, 2.05) is 0 Å². The zero-order chi connectivity index (χ0) is 4.99. The molecule has 6 heavy (non-hydrogen) atoms. The first-order valence-corrected chi connectivity index (χ1v) is 6.72. The van der Waals surface area contributed by atoms with Gasteiger partial charge in [0, 0.05) is 0 Å². The van der Waals surface area contributed by atoms with Crippen LogP contribution in [0.25, 0.3) is 0 Å². The molecule has 0 atom stereocenters. The first-order chi connectivity index (χ1) is 2.81. The van der Waals surface area contributed by atoms with E-state index < -0.39 is 0 Å². The van der Waals surface area contributed by atoms with E-state index in [4.69, 9.17) is 0 Å². The zero-order valence-electron chi connectivity index (χ0n) is 4.02. The molecular formula is C4H8Se2. The second kappa shape index (κ2) is 3.95. The van der Waals surface area contributed by atoms with Crippen molar-refractivity contribution < 1.29 is 0 Å². The summed E-state index contributed by atoms with van der Waals surface area (Å²) in [5, 5.41) is 0. The molecule has 0 aromatic heterocycles. The van der Waals surface area contributed by atoms with Gasteiger partial charge >= 0.3 is 51.5 Å². The van der Waals surface area contributed by atoms with E-state index in [-0.39, 0.29) is 0 Å². The average molecular weight is 214 g/mol. The molecular weight excluding hydrogens is 206 g/mol. The summed E-state index contributed by atoms with van der Waals surface area (Å²) in [6.45, 7) is 3.85. The third kappa shape index (κ3) is 2.99. The van der Waals surface area contributed by atoms with Gasteiger partial charge in [-0.2, -0.15) is 0 Å². The monoisotopic (exact) mass is 216 g/mol. The molecule has 0 saturated carbocycles. The van der Waals surface area contributed by atoms with Crippen molar-refractivity contribution in [3.8, 4) is 0 Å². The van der Waals surface area contributed by atoms with Crippen LogP contribution in [0.2, 0.25) is 11.6 Å². The number of hydrogen-bond acceptors (Lipinski definition) is 0. The second-order valence-electron chi connectivity index (χ2n) is 0.780. The Morgan fingerprint density at radius 1 is 1.33 bits per heavy atom. The minimum atomic E-state index is 0.717. The summed E-state index contributed by atoms with van der Waals surface area (Å²) in [5.41, 5.74) is 0. The third-order valence-electron chi connectivity index (χ3n) is 0.455. The van der Waals surface area contributed by atoms with Gasteiger partial charge in [0.1, 0.15) is 0 Å². The molecule has 0 aliphatic heterocycles. The van der Waals surface area contributed by atoms with Crippen molar-refractivity contribution in [3.63, 3.8) is 0 Å². The molecule has 0 heterocycles. The molecule has 0 fully saturated rings. The van der Waals surface area contributed by atoms with Crippen molar-refractivity contribution in [2.24, 2.45) is 0 Å². The molecule has 0 aromatic carbocycles. The Hall–Kier alpha value is 0.779. The Kier molecular flexibility index (Phi) is 4.47. The van der Waals surface area contributed by atoms with Crippen LogP contribution in [0.3, 0.4) is 0 Å². The van der Waals surface area contributed by atoms with Crippen molar-refractivity contribution >= 4 is 29.9 Å². The van der Waals surface area contributed by atoms with Crippen LogP contribution in [-0.4, -0.2) is 29.9 Å². The van der Waals surface area contributed by atoms with Crippen LogP contribution in [0.15, 0.2) is 9.95 Å². The van der Waals surface area contributed by atoms with Gasteiger partial charge in [0.2, 0.25) is 0 Å².